The molecule has 2 atom stereocenters. The summed E-state index contributed by atoms with van der Waals surface area (Å²) in [5, 5.41) is 0. The highest BCUT2D eigenvalue weighted by atomic mass is 35.5. The summed E-state index contributed by atoms with van der Waals surface area (Å²) in [6.45, 7) is 4.11. The van der Waals surface area contributed by atoms with Gasteiger partial charge in [0.05, 0.1) is 10.8 Å². The molecule has 2 rings (SSSR count). The summed E-state index contributed by atoms with van der Waals surface area (Å²) >= 11 is 6.58. The average Bonchev–Trinajstić information content (AvgIpc) is 2.28. The van der Waals surface area contributed by atoms with Gasteiger partial charge in [0.2, 0.25) is 0 Å². The summed E-state index contributed by atoms with van der Waals surface area (Å²) in [7, 11) is -1.04. The van der Waals surface area contributed by atoms with Crippen LogP contribution in [0.2, 0.25) is 0 Å². The van der Waals surface area contributed by atoms with Crippen molar-refractivity contribution in [1.29, 1.82) is 0 Å². The Morgan fingerprint density at radius 3 is 2.44 bits per heavy atom. The molecule has 0 saturated heterocycles. The molecular formula is C13H15ClOS. The monoisotopic (exact) mass is 254 g/mol. The van der Waals surface area contributed by atoms with E-state index in [9.17, 15) is 4.21 Å². The smallest absolute Gasteiger partial charge is 0.148 e. The molecule has 3 heteroatoms. The fourth-order valence-electron chi connectivity index (χ4n) is 1.93. The quantitative estimate of drug-likeness (QED) is 0.553. The van der Waals surface area contributed by atoms with Crippen LogP contribution in [-0.4, -0.2) is 9.96 Å². The lowest BCUT2D eigenvalue weighted by Gasteiger charge is -2.32. The molecule has 1 aromatic carbocycles. The Bertz CT molecular complexity index is 452. The third-order valence-electron chi connectivity index (χ3n) is 3.13. The number of halogens is 1. The minimum Gasteiger partial charge on any atom is -0.257 e. The zero-order valence-electron chi connectivity index (χ0n) is 9.50. The number of allylic oxidation sites excluding steroid dienone is 1. The van der Waals surface area contributed by atoms with Crippen molar-refractivity contribution in [2.24, 2.45) is 0 Å². The summed E-state index contributed by atoms with van der Waals surface area (Å²) in [5.74, 6) is 0.588. The van der Waals surface area contributed by atoms with Gasteiger partial charge in [-0.25, -0.2) is 0 Å². The van der Waals surface area contributed by atoms with E-state index in [1.807, 2.05) is 37.3 Å². The first-order valence-electron chi connectivity index (χ1n) is 5.32. The third-order valence-corrected chi connectivity index (χ3v) is 5.80. The molecule has 0 N–H and O–H groups in total. The predicted octanol–water partition coefficient (Wildman–Crippen LogP) is 3.57. The predicted molar refractivity (Wildman–Crippen MR) is 70.0 cm³/mol. The van der Waals surface area contributed by atoms with Crippen molar-refractivity contribution in [2.75, 3.05) is 5.75 Å². The van der Waals surface area contributed by atoms with E-state index in [4.69, 9.17) is 11.6 Å². The van der Waals surface area contributed by atoms with Crippen molar-refractivity contribution in [1.82, 2.24) is 0 Å². The standard InChI is InChI=1S/C13H15ClOS/c1-10-8-13(14,16(15)9-11(10)2)12-6-4-3-5-7-12/h3-7H,8-9H2,1-2H3/t13-,16?/m1/s1. The van der Waals surface area contributed by atoms with E-state index in [1.165, 1.54) is 11.1 Å². The zero-order chi connectivity index (χ0) is 11.8. The van der Waals surface area contributed by atoms with Crippen LogP contribution >= 0.6 is 11.6 Å². The molecule has 1 heterocycles. The molecule has 86 valence electrons. The summed E-state index contributed by atoms with van der Waals surface area (Å²) in [5.41, 5.74) is 3.44. The zero-order valence-corrected chi connectivity index (χ0v) is 11.1. The Morgan fingerprint density at radius 2 is 1.81 bits per heavy atom. The molecule has 0 aliphatic carbocycles. The molecule has 0 amide bonds. The number of hydrogen-bond acceptors (Lipinski definition) is 1. The van der Waals surface area contributed by atoms with Gasteiger partial charge in [0.25, 0.3) is 0 Å². The first-order chi connectivity index (χ1) is 7.54. The third kappa shape index (κ3) is 1.96. The van der Waals surface area contributed by atoms with Gasteiger partial charge >= 0.3 is 0 Å². The molecule has 1 aromatic rings. The lowest BCUT2D eigenvalue weighted by atomic mass is 10.0. The summed E-state index contributed by atoms with van der Waals surface area (Å²) in [4.78, 5) is 0. The van der Waals surface area contributed by atoms with E-state index in [0.717, 1.165) is 5.56 Å². The van der Waals surface area contributed by atoms with Crippen molar-refractivity contribution < 1.29 is 4.21 Å². The number of alkyl halides is 1. The van der Waals surface area contributed by atoms with Crippen molar-refractivity contribution in [2.45, 2.75) is 24.5 Å². The minimum absolute atomic E-state index is 0.588. The number of rotatable bonds is 1. The maximum Gasteiger partial charge on any atom is 0.148 e. The molecule has 16 heavy (non-hydrogen) atoms. The van der Waals surface area contributed by atoms with Gasteiger partial charge < -0.3 is 0 Å². The van der Waals surface area contributed by atoms with Gasteiger partial charge in [-0.2, -0.15) is 0 Å². The van der Waals surface area contributed by atoms with Crippen LogP contribution in [0.15, 0.2) is 41.5 Å². The molecule has 1 aliphatic heterocycles. The van der Waals surface area contributed by atoms with Gasteiger partial charge in [0.15, 0.2) is 0 Å². The molecule has 0 bridgehead atoms. The molecule has 0 fully saturated rings. The molecular weight excluding hydrogens is 240 g/mol. The van der Waals surface area contributed by atoms with Crippen LogP contribution in [0.5, 0.6) is 0 Å². The minimum atomic E-state index is -1.04. The molecule has 1 unspecified atom stereocenters. The van der Waals surface area contributed by atoms with Crippen LogP contribution in [-0.2, 0) is 15.0 Å². The lowest BCUT2D eigenvalue weighted by molar-refractivity contribution is 0.655. The van der Waals surface area contributed by atoms with Crippen LogP contribution in [0, 0.1) is 0 Å². The second-order valence-electron chi connectivity index (χ2n) is 4.32. The number of hydrogen-bond donors (Lipinski definition) is 0. The highest BCUT2D eigenvalue weighted by molar-refractivity contribution is 7.87. The molecule has 0 spiro atoms. The van der Waals surface area contributed by atoms with E-state index in [-0.39, 0.29) is 0 Å². The van der Waals surface area contributed by atoms with Crippen molar-refractivity contribution in [3.05, 3.63) is 47.0 Å². The van der Waals surface area contributed by atoms with Crippen molar-refractivity contribution in [3.63, 3.8) is 0 Å². The second-order valence-corrected chi connectivity index (χ2v) is 6.87. The Hall–Kier alpha value is -0.600. The lowest BCUT2D eigenvalue weighted by Crippen LogP contribution is -2.31. The van der Waals surface area contributed by atoms with Crippen LogP contribution in [0.25, 0.3) is 0 Å². The van der Waals surface area contributed by atoms with Gasteiger partial charge in [-0.3, -0.25) is 4.21 Å². The van der Waals surface area contributed by atoms with E-state index in [2.05, 4.69) is 6.92 Å². The summed E-state index contributed by atoms with van der Waals surface area (Å²) in [6.07, 6.45) is 0.678. The Kier molecular flexibility index (Phi) is 3.22. The van der Waals surface area contributed by atoms with Gasteiger partial charge in [-0.05, 0) is 19.4 Å². The first-order valence-corrected chi connectivity index (χ1v) is 7.02. The largest absolute Gasteiger partial charge is 0.257 e. The summed E-state index contributed by atoms with van der Waals surface area (Å²) in [6, 6.07) is 9.75. The molecule has 0 saturated carbocycles. The maximum absolute atomic E-state index is 12.2. The highest BCUT2D eigenvalue weighted by Crippen LogP contribution is 2.43. The van der Waals surface area contributed by atoms with E-state index in [1.54, 1.807) is 0 Å². The number of benzene rings is 1. The van der Waals surface area contributed by atoms with E-state index >= 15 is 0 Å². The first kappa shape index (κ1) is 11.9. The van der Waals surface area contributed by atoms with Crippen molar-refractivity contribution >= 4 is 22.4 Å². The van der Waals surface area contributed by atoms with E-state index < -0.39 is 15.0 Å². The Balaban J connectivity index is 2.44. The van der Waals surface area contributed by atoms with Crippen LogP contribution in [0.1, 0.15) is 25.8 Å². The van der Waals surface area contributed by atoms with Gasteiger partial charge in [0.1, 0.15) is 4.21 Å². The SMILES string of the molecule is CC1=C(C)C[C@](Cl)(c2ccccc2)S(=O)C1. The van der Waals surface area contributed by atoms with Crippen LogP contribution in [0.3, 0.4) is 0 Å². The van der Waals surface area contributed by atoms with Crippen LogP contribution in [0.4, 0.5) is 0 Å². The second kappa shape index (κ2) is 4.34. The molecule has 0 radical (unpaired) electrons. The fourth-order valence-corrected chi connectivity index (χ4v) is 4.06. The fraction of sp³-hybridized carbons (Fsp3) is 0.385. The Labute approximate surface area is 104 Å². The molecule has 1 aliphatic rings. The normalized spacial score (nSPS) is 30.6. The van der Waals surface area contributed by atoms with Gasteiger partial charge in [-0.15, -0.1) is 0 Å². The van der Waals surface area contributed by atoms with Gasteiger partial charge in [-0.1, -0.05) is 53.1 Å². The average molecular weight is 255 g/mol. The van der Waals surface area contributed by atoms with Crippen molar-refractivity contribution in [3.8, 4) is 0 Å². The topological polar surface area (TPSA) is 17.1 Å². The van der Waals surface area contributed by atoms with Gasteiger partial charge in [0, 0.05) is 12.2 Å². The van der Waals surface area contributed by atoms with E-state index in [0.29, 0.717) is 12.2 Å². The maximum atomic E-state index is 12.2. The highest BCUT2D eigenvalue weighted by Gasteiger charge is 2.39. The Morgan fingerprint density at radius 1 is 1.19 bits per heavy atom. The molecule has 1 nitrogen and oxygen atoms in total. The van der Waals surface area contributed by atoms with Crippen LogP contribution < -0.4 is 0 Å². The summed E-state index contributed by atoms with van der Waals surface area (Å²) < 4.78 is 11.5. The molecule has 0 aromatic heterocycles.